The fraction of sp³-hybridized carbons (Fsp3) is 0.167. The average Bonchev–Trinajstić information content (AvgIpc) is 2.99. The number of nitrogens with one attached hydrogen (secondary N) is 1. The van der Waals surface area contributed by atoms with Gasteiger partial charge in [-0.2, -0.15) is 0 Å². The summed E-state index contributed by atoms with van der Waals surface area (Å²) in [5.41, 5.74) is 1.73. The number of carbonyl (C=O) groups excluding carboxylic acids is 1. The van der Waals surface area contributed by atoms with E-state index < -0.39 is 0 Å². The van der Waals surface area contributed by atoms with Gasteiger partial charge in [-0.3, -0.25) is 4.79 Å². The SMILES string of the molecule is O=C(N[C@H]1CCOc2ccccc21)c1cc2ccccc2o1. The zero-order valence-electron chi connectivity index (χ0n) is 11.9. The molecule has 1 N–H and O–H groups in total. The first-order valence-electron chi connectivity index (χ1n) is 7.32. The molecule has 0 saturated heterocycles. The monoisotopic (exact) mass is 293 g/mol. The topological polar surface area (TPSA) is 51.5 Å². The third-order valence-electron chi connectivity index (χ3n) is 3.91. The van der Waals surface area contributed by atoms with Crippen LogP contribution < -0.4 is 10.1 Å². The lowest BCUT2D eigenvalue weighted by Gasteiger charge is -2.26. The van der Waals surface area contributed by atoms with Crippen molar-refractivity contribution >= 4 is 16.9 Å². The van der Waals surface area contributed by atoms with Crippen molar-refractivity contribution < 1.29 is 13.9 Å². The minimum Gasteiger partial charge on any atom is -0.493 e. The highest BCUT2D eigenvalue weighted by Gasteiger charge is 2.24. The Balaban J connectivity index is 1.60. The summed E-state index contributed by atoms with van der Waals surface area (Å²) in [6, 6.07) is 17.1. The minimum absolute atomic E-state index is 0.0503. The molecule has 1 amide bonds. The molecule has 0 bridgehead atoms. The van der Waals surface area contributed by atoms with Gasteiger partial charge in [0.05, 0.1) is 12.6 Å². The molecule has 2 heterocycles. The van der Waals surface area contributed by atoms with E-state index in [0.29, 0.717) is 12.4 Å². The van der Waals surface area contributed by atoms with E-state index >= 15 is 0 Å². The van der Waals surface area contributed by atoms with E-state index in [9.17, 15) is 4.79 Å². The van der Waals surface area contributed by atoms with Crippen molar-refractivity contribution in [2.45, 2.75) is 12.5 Å². The number of amides is 1. The van der Waals surface area contributed by atoms with Crippen LogP contribution >= 0.6 is 0 Å². The molecule has 4 rings (SSSR count). The lowest BCUT2D eigenvalue weighted by atomic mass is 10.0. The number of ether oxygens (including phenoxy) is 1. The molecule has 0 spiro atoms. The summed E-state index contributed by atoms with van der Waals surface area (Å²) in [7, 11) is 0. The zero-order valence-corrected chi connectivity index (χ0v) is 11.9. The van der Waals surface area contributed by atoms with Crippen molar-refractivity contribution in [1.29, 1.82) is 0 Å². The first-order valence-corrected chi connectivity index (χ1v) is 7.32. The van der Waals surface area contributed by atoms with Gasteiger partial charge in [-0.1, -0.05) is 36.4 Å². The van der Waals surface area contributed by atoms with E-state index in [2.05, 4.69) is 5.32 Å². The van der Waals surface area contributed by atoms with Gasteiger partial charge in [0.1, 0.15) is 11.3 Å². The fourth-order valence-corrected chi connectivity index (χ4v) is 2.82. The molecule has 0 saturated carbocycles. The van der Waals surface area contributed by atoms with Gasteiger partial charge in [0.25, 0.3) is 5.91 Å². The van der Waals surface area contributed by atoms with Crippen molar-refractivity contribution in [3.63, 3.8) is 0 Å². The second-order valence-corrected chi connectivity index (χ2v) is 5.35. The first kappa shape index (κ1) is 13.0. The van der Waals surface area contributed by atoms with Crippen LogP contribution in [0, 0.1) is 0 Å². The van der Waals surface area contributed by atoms with Crippen molar-refractivity contribution in [2.75, 3.05) is 6.61 Å². The highest BCUT2D eigenvalue weighted by molar-refractivity contribution is 5.96. The largest absolute Gasteiger partial charge is 0.493 e. The van der Waals surface area contributed by atoms with Gasteiger partial charge >= 0.3 is 0 Å². The number of para-hydroxylation sites is 2. The van der Waals surface area contributed by atoms with Gasteiger partial charge in [0.15, 0.2) is 5.76 Å². The summed E-state index contributed by atoms with van der Waals surface area (Å²) in [6.45, 7) is 0.599. The molecule has 2 aromatic carbocycles. The lowest BCUT2D eigenvalue weighted by molar-refractivity contribution is 0.0899. The molecule has 0 fully saturated rings. The van der Waals surface area contributed by atoms with Crippen LogP contribution in [0.1, 0.15) is 28.6 Å². The van der Waals surface area contributed by atoms with Crippen LogP contribution in [-0.2, 0) is 0 Å². The van der Waals surface area contributed by atoms with Crippen LogP contribution in [0.4, 0.5) is 0 Å². The molecule has 3 aromatic rings. The van der Waals surface area contributed by atoms with E-state index in [1.807, 2.05) is 48.5 Å². The molecule has 0 aliphatic carbocycles. The molecular formula is C18H15NO3. The Morgan fingerprint density at radius 3 is 2.82 bits per heavy atom. The molecule has 22 heavy (non-hydrogen) atoms. The number of furan rings is 1. The van der Waals surface area contributed by atoms with Gasteiger partial charge in [-0.25, -0.2) is 0 Å². The maximum absolute atomic E-state index is 12.4. The molecule has 1 atom stereocenters. The number of rotatable bonds is 2. The molecule has 4 heteroatoms. The zero-order chi connectivity index (χ0) is 14.9. The number of hydrogen-bond donors (Lipinski definition) is 1. The maximum atomic E-state index is 12.4. The van der Waals surface area contributed by atoms with E-state index in [-0.39, 0.29) is 11.9 Å². The number of benzene rings is 2. The first-order chi connectivity index (χ1) is 10.8. The van der Waals surface area contributed by atoms with E-state index in [1.165, 1.54) is 0 Å². The smallest absolute Gasteiger partial charge is 0.287 e. The highest BCUT2D eigenvalue weighted by Crippen LogP contribution is 2.32. The Bertz CT molecular complexity index is 804. The molecule has 4 nitrogen and oxygen atoms in total. The Hall–Kier alpha value is -2.75. The summed E-state index contributed by atoms with van der Waals surface area (Å²) in [5.74, 6) is 0.978. The average molecular weight is 293 g/mol. The van der Waals surface area contributed by atoms with Gasteiger partial charge in [0.2, 0.25) is 0 Å². The molecular weight excluding hydrogens is 278 g/mol. The van der Waals surface area contributed by atoms with Gasteiger partial charge in [-0.05, 0) is 18.2 Å². The second-order valence-electron chi connectivity index (χ2n) is 5.35. The minimum atomic E-state index is -0.196. The third-order valence-corrected chi connectivity index (χ3v) is 3.91. The molecule has 1 aliphatic rings. The fourth-order valence-electron chi connectivity index (χ4n) is 2.82. The molecule has 1 aliphatic heterocycles. The summed E-state index contributed by atoms with van der Waals surface area (Å²) in [5, 5.41) is 3.97. The van der Waals surface area contributed by atoms with Crippen LogP contribution in [0.25, 0.3) is 11.0 Å². The van der Waals surface area contributed by atoms with E-state index in [1.54, 1.807) is 6.07 Å². The summed E-state index contributed by atoms with van der Waals surface area (Å²) < 4.78 is 11.2. The predicted molar refractivity (Wildman–Crippen MR) is 83.0 cm³/mol. The summed E-state index contributed by atoms with van der Waals surface area (Å²) >= 11 is 0. The second kappa shape index (κ2) is 5.22. The number of fused-ring (bicyclic) bond motifs is 2. The lowest BCUT2D eigenvalue weighted by Crippen LogP contribution is -2.31. The standard InChI is InChI=1S/C18H15NO3/c20-18(17-11-12-5-1-3-7-15(12)22-17)19-14-9-10-21-16-8-4-2-6-13(14)16/h1-8,11,14H,9-10H2,(H,19,20)/t14-/m0/s1. The van der Waals surface area contributed by atoms with Crippen molar-refractivity contribution in [3.05, 3.63) is 65.9 Å². The van der Waals surface area contributed by atoms with Crippen LogP contribution in [-0.4, -0.2) is 12.5 Å². The van der Waals surface area contributed by atoms with Crippen LogP contribution in [0.5, 0.6) is 5.75 Å². The van der Waals surface area contributed by atoms with E-state index in [0.717, 1.165) is 28.7 Å². The summed E-state index contributed by atoms with van der Waals surface area (Å²) in [4.78, 5) is 12.4. The molecule has 110 valence electrons. The normalized spacial score (nSPS) is 16.8. The predicted octanol–water partition coefficient (Wildman–Crippen LogP) is 3.69. The molecule has 1 aromatic heterocycles. The van der Waals surface area contributed by atoms with Crippen molar-refractivity contribution in [3.8, 4) is 5.75 Å². The van der Waals surface area contributed by atoms with Gasteiger partial charge in [0, 0.05) is 17.4 Å². The van der Waals surface area contributed by atoms with Crippen LogP contribution in [0.3, 0.4) is 0 Å². The van der Waals surface area contributed by atoms with Crippen molar-refractivity contribution in [2.24, 2.45) is 0 Å². The number of hydrogen-bond acceptors (Lipinski definition) is 3. The summed E-state index contributed by atoms with van der Waals surface area (Å²) in [6.07, 6.45) is 0.753. The quantitative estimate of drug-likeness (QED) is 0.784. The Morgan fingerprint density at radius 2 is 1.91 bits per heavy atom. The highest BCUT2D eigenvalue weighted by atomic mass is 16.5. The van der Waals surface area contributed by atoms with Crippen LogP contribution in [0.2, 0.25) is 0 Å². The van der Waals surface area contributed by atoms with Crippen LogP contribution in [0.15, 0.2) is 59.0 Å². The Labute approximate surface area is 127 Å². The van der Waals surface area contributed by atoms with Crippen molar-refractivity contribution in [1.82, 2.24) is 5.32 Å². The van der Waals surface area contributed by atoms with Gasteiger partial charge < -0.3 is 14.5 Å². The Kier molecular flexibility index (Phi) is 3.07. The maximum Gasteiger partial charge on any atom is 0.287 e. The molecule has 0 radical (unpaired) electrons. The third kappa shape index (κ3) is 2.22. The molecule has 0 unspecified atom stereocenters. The van der Waals surface area contributed by atoms with E-state index in [4.69, 9.17) is 9.15 Å². The number of carbonyl (C=O) groups is 1. The Morgan fingerprint density at radius 1 is 1.09 bits per heavy atom. The van der Waals surface area contributed by atoms with Gasteiger partial charge in [-0.15, -0.1) is 0 Å².